The summed E-state index contributed by atoms with van der Waals surface area (Å²) in [6.07, 6.45) is 3.89. The Kier molecular flexibility index (Phi) is 8.86. The number of hydrogen-bond donors (Lipinski definition) is 1. The highest BCUT2D eigenvalue weighted by Crippen LogP contribution is 2.27. The van der Waals surface area contributed by atoms with Gasteiger partial charge in [0.1, 0.15) is 5.01 Å². The first-order chi connectivity index (χ1) is 13.2. The van der Waals surface area contributed by atoms with Crippen LogP contribution in [-0.4, -0.2) is 40.4 Å². The number of aromatic nitrogens is 2. The van der Waals surface area contributed by atoms with E-state index in [-0.39, 0.29) is 36.8 Å². The van der Waals surface area contributed by atoms with E-state index in [9.17, 15) is 4.79 Å². The Hall–Kier alpha value is -1.70. The van der Waals surface area contributed by atoms with Crippen LogP contribution in [0.1, 0.15) is 17.3 Å². The summed E-state index contributed by atoms with van der Waals surface area (Å²) in [5.41, 5.74) is 2.87. The van der Waals surface area contributed by atoms with Gasteiger partial charge in [-0.25, -0.2) is 4.98 Å². The van der Waals surface area contributed by atoms with Crippen molar-refractivity contribution in [2.75, 3.05) is 19.6 Å². The van der Waals surface area contributed by atoms with Crippen molar-refractivity contribution in [3.63, 3.8) is 0 Å². The van der Waals surface area contributed by atoms with Gasteiger partial charge in [-0.05, 0) is 23.8 Å². The number of nitrogens with zero attached hydrogens (tertiary/aromatic N) is 3. The van der Waals surface area contributed by atoms with Gasteiger partial charge in [0.15, 0.2) is 0 Å². The summed E-state index contributed by atoms with van der Waals surface area (Å²) in [5.74, 6) is 0.0957. The van der Waals surface area contributed by atoms with Crippen LogP contribution >= 0.6 is 47.8 Å². The topological polar surface area (TPSA) is 58.1 Å². The zero-order valence-electron chi connectivity index (χ0n) is 15.5. The molecule has 1 N–H and O–H groups in total. The normalized spacial score (nSPS) is 15.9. The number of piperazine rings is 1. The lowest BCUT2D eigenvalue weighted by atomic mass is 10.0. The lowest BCUT2D eigenvalue weighted by Gasteiger charge is -2.36. The van der Waals surface area contributed by atoms with Gasteiger partial charge >= 0.3 is 0 Å². The Balaban J connectivity index is 0.00000150. The van der Waals surface area contributed by atoms with Crippen molar-refractivity contribution in [1.82, 2.24) is 20.2 Å². The largest absolute Gasteiger partial charge is 0.333 e. The molecule has 1 aromatic carbocycles. The molecule has 3 heterocycles. The first-order valence-corrected chi connectivity index (χ1v) is 10.1. The Morgan fingerprint density at radius 2 is 2.03 bits per heavy atom. The maximum atomic E-state index is 13.0. The average Bonchev–Trinajstić information content (AvgIpc) is 3.17. The molecule has 0 saturated carbocycles. The lowest BCUT2D eigenvalue weighted by Crippen LogP contribution is -2.49. The number of pyridine rings is 1. The molecule has 1 atom stereocenters. The quantitative estimate of drug-likeness (QED) is 0.612. The van der Waals surface area contributed by atoms with E-state index in [1.54, 1.807) is 17.5 Å². The fourth-order valence-electron chi connectivity index (χ4n) is 3.24. The van der Waals surface area contributed by atoms with Gasteiger partial charge in [0.25, 0.3) is 0 Å². The van der Waals surface area contributed by atoms with Crippen LogP contribution in [-0.2, 0) is 11.2 Å². The number of carbonyl (C=O) groups is 1. The molecule has 4 rings (SSSR count). The maximum Gasteiger partial charge on any atom is 0.229 e. The summed E-state index contributed by atoms with van der Waals surface area (Å²) < 4.78 is 0. The van der Waals surface area contributed by atoms with Crippen LogP contribution in [0.5, 0.6) is 0 Å². The predicted octanol–water partition coefficient (Wildman–Crippen LogP) is 4.42. The molecule has 1 unspecified atom stereocenters. The first kappa shape index (κ1) is 23.6. The summed E-state index contributed by atoms with van der Waals surface area (Å²) in [4.78, 5) is 23.7. The maximum absolute atomic E-state index is 13.0. The summed E-state index contributed by atoms with van der Waals surface area (Å²) in [7, 11) is 0. The molecule has 154 valence electrons. The van der Waals surface area contributed by atoms with E-state index in [0.717, 1.165) is 34.9 Å². The van der Waals surface area contributed by atoms with Crippen LogP contribution in [0.15, 0.2) is 54.2 Å². The third-order valence-electron chi connectivity index (χ3n) is 4.61. The van der Waals surface area contributed by atoms with Crippen LogP contribution in [0.3, 0.4) is 0 Å². The van der Waals surface area contributed by atoms with Crippen molar-refractivity contribution in [3.8, 4) is 10.6 Å². The number of nitrogens with one attached hydrogen (secondary N) is 1. The molecule has 1 aliphatic rings. The summed E-state index contributed by atoms with van der Waals surface area (Å²) >= 11 is 7.49. The van der Waals surface area contributed by atoms with Crippen LogP contribution in [0, 0.1) is 0 Å². The van der Waals surface area contributed by atoms with E-state index in [4.69, 9.17) is 11.6 Å². The third kappa shape index (κ3) is 5.68. The van der Waals surface area contributed by atoms with Crippen molar-refractivity contribution < 1.29 is 4.79 Å². The van der Waals surface area contributed by atoms with Crippen LogP contribution in [0.4, 0.5) is 0 Å². The number of rotatable bonds is 4. The van der Waals surface area contributed by atoms with Gasteiger partial charge in [0.2, 0.25) is 5.91 Å². The molecular weight excluding hydrogens is 451 g/mol. The number of hydrogen-bond acceptors (Lipinski definition) is 5. The monoisotopic (exact) mass is 470 g/mol. The lowest BCUT2D eigenvalue weighted by molar-refractivity contribution is -0.133. The predicted molar refractivity (Wildman–Crippen MR) is 122 cm³/mol. The molecule has 9 heteroatoms. The van der Waals surface area contributed by atoms with E-state index in [0.29, 0.717) is 18.0 Å². The highest BCUT2D eigenvalue weighted by molar-refractivity contribution is 7.13. The molecule has 1 amide bonds. The van der Waals surface area contributed by atoms with E-state index in [1.807, 2.05) is 52.9 Å². The van der Waals surface area contributed by atoms with Crippen molar-refractivity contribution in [1.29, 1.82) is 0 Å². The summed E-state index contributed by atoms with van der Waals surface area (Å²) in [6, 6.07) is 11.5. The van der Waals surface area contributed by atoms with Gasteiger partial charge in [0, 0.05) is 48.0 Å². The second-order valence-electron chi connectivity index (χ2n) is 6.42. The van der Waals surface area contributed by atoms with Crippen molar-refractivity contribution in [2.24, 2.45) is 0 Å². The van der Waals surface area contributed by atoms with Crippen molar-refractivity contribution in [2.45, 2.75) is 12.5 Å². The summed E-state index contributed by atoms with van der Waals surface area (Å²) in [6.45, 7) is 2.23. The van der Waals surface area contributed by atoms with Crippen LogP contribution in [0.25, 0.3) is 10.6 Å². The smallest absolute Gasteiger partial charge is 0.229 e. The Morgan fingerprint density at radius 1 is 1.24 bits per heavy atom. The second-order valence-corrected chi connectivity index (χ2v) is 7.72. The van der Waals surface area contributed by atoms with E-state index in [1.165, 1.54) is 0 Å². The zero-order chi connectivity index (χ0) is 18.6. The zero-order valence-corrected chi connectivity index (χ0v) is 18.7. The van der Waals surface area contributed by atoms with Crippen LogP contribution < -0.4 is 5.32 Å². The summed E-state index contributed by atoms with van der Waals surface area (Å²) in [5, 5.41) is 6.93. The van der Waals surface area contributed by atoms with Gasteiger partial charge in [-0.2, -0.15) is 0 Å². The molecule has 1 aliphatic heterocycles. The fourth-order valence-corrected chi connectivity index (χ4v) is 4.20. The number of halogens is 3. The molecule has 3 aromatic rings. The highest BCUT2D eigenvalue weighted by atomic mass is 35.5. The molecule has 0 spiro atoms. The molecule has 0 bridgehead atoms. The van der Waals surface area contributed by atoms with Gasteiger partial charge in [0.05, 0.1) is 18.2 Å². The van der Waals surface area contributed by atoms with E-state index >= 15 is 0 Å². The number of amides is 1. The standard InChI is InChI=1S/C20H19ClN4OS.2ClH/c21-16-5-3-14(4-6-16)20-24-17(13-27-20)10-19(26)25-9-8-23-12-18(25)15-2-1-7-22-11-15;;/h1-7,11,13,18,23H,8-10,12H2;2*1H. The first-order valence-electron chi connectivity index (χ1n) is 8.81. The average molecular weight is 472 g/mol. The van der Waals surface area contributed by atoms with Crippen LogP contribution in [0.2, 0.25) is 5.02 Å². The molecular formula is C20H21Cl3N4OS. The minimum atomic E-state index is 0. The minimum Gasteiger partial charge on any atom is -0.333 e. The molecule has 29 heavy (non-hydrogen) atoms. The third-order valence-corrected chi connectivity index (χ3v) is 5.80. The van der Waals surface area contributed by atoms with Gasteiger partial charge < -0.3 is 10.2 Å². The Morgan fingerprint density at radius 3 is 2.76 bits per heavy atom. The fraction of sp³-hybridized carbons (Fsp3) is 0.250. The molecule has 2 aromatic heterocycles. The molecule has 1 saturated heterocycles. The van der Waals surface area contributed by atoms with E-state index < -0.39 is 0 Å². The molecule has 0 radical (unpaired) electrons. The number of benzene rings is 1. The van der Waals surface area contributed by atoms with Gasteiger partial charge in [-0.3, -0.25) is 9.78 Å². The van der Waals surface area contributed by atoms with E-state index in [2.05, 4.69) is 15.3 Å². The highest BCUT2D eigenvalue weighted by Gasteiger charge is 2.28. The molecule has 5 nitrogen and oxygen atoms in total. The van der Waals surface area contributed by atoms with Crippen molar-refractivity contribution in [3.05, 3.63) is 70.5 Å². The van der Waals surface area contributed by atoms with Gasteiger partial charge in [-0.1, -0.05) is 29.8 Å². The Bertz CT molecular complexity index is 921. The number of thiazole rings is 1. The van der Waals surface area contributed by atoms with Gasteiger partial charge in [-0.15, -0.1) is 36.2 Å². The molecule has 0 aliphatic carbocycles. The minimum absolute atomic E-state index is 0. The second kappa shape index (κ2) is 10.9. The molecule has 1 fully saturated rings. The SMILES string of the molecule is Cl.Cl.O=C(Cc1csc(-c2ccc(Cl)cc2)n1)N1CCNCC1c1cccnc1. The van der Waals surface area contributed by atoms with Crippen molar-refractivity contribution >= 4 is 53.7 Å². The number of carbonyl (C=O) groups excluding carboxylic acids is 1. The Labute approximate surface area is 191 Å².